The predicted molar refractivity (Wildman–Crippen MR) is 79.9 cm³/mol. The van der Waals surface area contributed by atoms with Crippen LogP contribution in [0.1, 0.15) is 10.4 Å². The van der Waals surface area contributed by atoms with Crippen molar-refractivity contribution in [1.82, 2.24) is 0 Å². The number of carbonyl (C=O) groups is 1. The number of nitrogens with zero attached hydrogens (tertiary/aromatic N) is 1. The summed E-state index contributed by atoms with van der Waals surface area (Å²) >= 11 is 13.7. The van der Waals surface area contributed by atoms with Gasteiger partial charge >= 0.3 is 0 Å². The van der Waals surface area contributed by atoms with E-state index in [-0.39, 0.29) is 12.5 Å². The van der Waals surface area contributed by atoms with Crippen LogP contribution in [0.3, 0.4) is 0 Å². The summed E-state index contributed by atoms with van der Waals surface area (Å²) < 4.78 is 0. The first-order valence-electron chi connectivity index (χ1n) is 5.53. The molecule has 3 nitrogen and oxygen atoms in total. The van der Waals surface area contributed by atoms with Gasteiger partial charge in [-0.2, -0.15) is 0 Å². The van der Waals surface area contributed by atoms with Crippen LogP contribution in [0.15, 0.2) is 34.6 Å². The van der Waals surface area contributed by atoms with Crippen molar-refractivity contribution in [3.63, 3.8) is 0 Å². The molecule has 1 amide bonds. The van der Waals surface area contributed by atoms with Gasteiger partial charge in [0.15, 0.2) is 0 Å². The summed E-state index contributed by atoms with van der Waals surface area (Å²) in [5.74, 6) is -0.147. The summed E-state index contributed by atoms with van der Waals surface area (Å²) in [6.45, 7) is 0.0792. The Morgan fingerprint density at radius 1 is 1.26 bits per heavy atom. The maximum absolute atomic E-state index is 11.7. The number of amides is 1. The van der Waals surface area contributed by atoms with Crippen molar-refractivity contribution >= 4 is 51.8 Å². The Morgan fingerprint density at radius 3 is 2.84 bits per heavy atom. The smallest absolute Gasteiger partial charge is 0.246 e. The zero-order chi connectivity index (χ0) is 13.4. The lowest BCUT2D eigenvalue weighted by atomic mass is 10.1. The number of carbonyl (C=O) groups excluding carboxylic acids is 1. The summed E-state index contributed by atoms with van der Waals surface area (Å²) in [6, 6.07) is 7.11. The number of hydrogen-bond donors (Lipinski definition) is 1. The van der Waals surface area contributed by atoms with Crippen molar-refractivity contribution in [2.75, 3.05) is 11.9 Å². The van der Waals surface area contributed by atoms with Gasteiger partial charge in [-0.25, -0.2) is 0 Å². The van der Waals surface area contributed by atoms with Crippen LogP contribution in [0, 0.1) is 0 Å². The van der Waals surface area contributed by atoms with E-state index in [0.29, 0.717) is 21.4 Å². The first-order valence-corrected chi connectivity index (χ1v) is 7.16. The second-order valence-corrected chi connectivity index (χ2v) is 5.76. The Labute approximate surface area is 123 Å². The first kappa shape index (κ1) is 12.7. The molecule has 0 radical (unpaired) electrons. The Kier molecular flexibility index (Phi) is 3.31. The summed E-state index contributed by atoms with van der Waals surface area (Å²) in [4.78, 5) is 16.9. The van der Waals surface area contributed by atoms with Crippen LogP contribution in [-0.2, 0) is 4.79 Å². The van der Waals surface area contributed by atoms with Crippen molar-refractivity contribution in [2.45, 2.75) is 0 Å². The number of aliphatic imine (C=N–C) groups is 1. The maximum Gasteiger partial charge on any atom is 0.246 e. The predicted octanol–water partition coefficient (Wildman–Crippen LogP) is 3.84. The zero-order valence-electron chi connectivity index (χ0n) is 9.61. The van der Waals surface area contributed by atoms with Crippen LogP contribution in [-0.4, -0.2) is 18.2 Å². The van der Waals surface area contributed by atoms with Gasteiger partial charge in [-0.3, -0.25) is 9.79 Å². The summed E-state index contributed by atoms with van der Waals surface area (Å²) in [7, 11) is 0. The summed E-state index contributed by atoms with van der Waals surface area (Å²) in [5, 5.41) is 5.93. The highest BCUT2D eigenvalue weighted by atomic mass is 35.5. The van der Waals surface area contributed by atoms with Gasteiger partial charge in [0.25, 0.3) is 0 Å². The van der Waals surface area contributed by atoms with Crippen LogP contribution in [0.25, 0.3) is 0 Å². The quantitative estimate of drug-likeness (QED) is 0.854. The number of benzene rings is 1. The molecule has 0 saturated heterocycles. The Hall–Kier alpha value is -1.36. The number of benzodiazepines with no additional fused rings is 1. The van der Waals surface area contributed by atoms with Gasteiger partial charge in [0.05, 0.1) is 21.3 Å². The summed E-state index contributed by atoms with van der Waals surface area (Å²) in [5.41, 5.74) is 2.20. The lowest BCUT2D eigenvalue weighted by Crippen LogP contribution is -2.13. The van der Waals surface area contributed by atoms with Crippen molar-refractivity contribution in [3.8, 4) is 0 Å². The Balaban J connectivity index is 2.22. The van der Waals surface area contributed by atoms with Gasteiger partial charge in [-0.15, -0.1) is 11.3 Å². The van der Waals surface area contributed by atoms with Crippen LogP contribution in [0.2, 0.25) is 10.0 Å². The third-order valence-electron chi connectivity index (χ3n) is 2.72. The minimum atomic E-state index is -0.147. The van der Waals surface area contributed by atoms with Gasteiger partial charge in [0, 0.05) is 10.6 Å². The molecule has 1 aromatic heterocycles. The van der Waals surface area contributed by atoms with E-state index in [0.717, 1.165) is 10.4 Å². The molecule has 0 saturated carbocycles. The zero-order valence-corrected chi connectivity index (χ0v) is 11.9. The largest absolute Gasteiger partial charge is 0.324 e. The fourth-order valence-electron chi connectivity index (χ4n) is 1.90. The van der Waals surface area contributed by atoms with Crippen molar-refractivity contribution in [2.24, 2.45) is 4.99 Å². The number of thiophene rings is 1. The topological polar surface area (TPSA) is 41.5 Å². The molecule has 1 aliphatic rings. The normalized spacial score (nSPS) is 14.4. The minimum absolute atomic E-state index is 0.0792. The average Bonchev–Trinajstić information content (AvgIpc) is 2.72. The van der Waals surface area contributed by atoms with Crippen LogP contribution < -0.4 is 5.32 Å². The monoisotopic (exact) mass is 310 g/mol. The second-order valence-electron chi connectivity index (χ2n) is 4.00. The highest BCUT2D eigenvalue weighted by Gasteiger charge is 2.20. The van der Waals surface area contributed by atoms with Crippen LogP contribution >= 0.6 is 34.5 Å². The number of nitrogens with one attached hydrogen (secondary N) is 1. The van der Waals surface area contributed by atoms with E-state index in [2.05, 4.69) is 10.3 Å². The highest BCUT2D eigenvalue weighted by molar-refractivity contribution is 7.13. The van der Waals surface area contributed by atoms with Gasteiger partial charge in [-0.05, 0) is 29.6 Å². The van der Waals surface area contributed by atoms with Crippen LogP contribution in [0.5, 0.6) is 0 Å². The SMILES string of the molecule is O=C1CN=C(c2sccc2Cl)c2cc(Cl)ccc2N1. The molecule has 1 aliphatic heterocycles. The molecule has 0 unspecified atom stereocenters. The third-order valence-corrected chi connectivity index (χ3v) is 4.31. The molecule has 0 aliphatic carbocycles. The van der Waals surface area contributed by atoms with Gasteiger partial charge in [0.1, 0.15) is 6.54 Å². The molecule has 0 atom stereocenters. The number of fused-ring (bicyclic) bond motifs is 1. The molecule has 19 heavy (non-hydrogen) atoms. The van der Waals surface area contributed by atoms with E-state index in [9.17, 15) is 4.79 Å². The minimum Gasteiger partial charge on any atom is -0.324 e. The molecule has 6 heteroatoms. The number of rotatable bonds is 1. The summed E-state index contributed by atoms with van der Waals surface area (Å²) in [6.07, 6.45) is 0. The Bertz CT molecular complexity index is 694. The first-order chi connectivity index (χ1) is 9.15. The molecule has 2 aromatic rings. The molecule has 1 N–H and O–H groups in total. The molecule has 1 aromatic carbocycles. The fraction of sp³-hybridized carbons (Fsp3) is 0.0769. The second kappa shape index (κ2) is 4.96. The molecule has 0 bridgehead atoms. The molecule has 0 fully saturated rings. The van der Waals surface area contributed by atoms with Crippen LogP contribution in [0.4, 0.5) is 5.69 Å². The molecular weight excluding hydrogens is 303 g/mol. The molecule has 3 rings (SSSR count). The average molecular weight is 311 g/mol. The molecular formula is C13H8Cl2N2OS. The van der Waals surface area contributed by atoms with Gasteiger partial charge in [-0.1, -0.05) is 23.2 Å². The molecule has 2 heterocycles. The molecule has 96 valence electrons. The van der Waals surface area contributed by atoms with Gasteiger partial charge < -0.3 is 5.32 Å². The van der Waals surface area contributed by atoms with E-state index in [1.54, 1.807) is 18.2 Å². The van der Waals surface area contributed by atoms with E-state index >= 15 is 0 Å². The van der Waals surface area contributed by atoms with E-state index in [1.165, 1.54) is 11.3 Å². The lowest BCUT2D eigenvalue weighted by Gasteiger charge is -2.09. The highest BCUT2D eigenvalue weighted by Crippen LogP contribution is 2.31. The van der Waals surface area contributed by atoms with Gasteiger partial charge in [0.2, 0.25) is 5.91 Å². The van der Waals surface area contributed by atoms with E-state index < -0.39 is 0 Å². The lowest BCUT2D eigenvalue weighted by molar-refractivity contribution is -0.114. The number of halogens is 2. The number of anilines is 1. The Morgan fingerprint density at radius 2 is 2.11 bits per heavy atom. The van der Waals surface area contributed by atoms with Crippen molar-refractivity contribution in [1.29, 1.82) is 0 Å². The fourth-order valence-corrected chi connectivity index (χ4v) is 3.24. The maximum atomic E-state index is 11.7. The standard InChI is InChI=1S/C13H8Cl2N2OS/c14-7-1-2-10-8(5-7)12(16-6-11(18)17-10)13-9(15)3-4-19-13/h1-5H,6H2,(H,17,18). The third kappa shape index (κ3) is 2.39. The van der Waals surface area contributed by atoms with E-state index in [4.69, 9.17) is 23.2 Å². The molecule has 0 spiro atoms. The number of hydrogen-bond acceptors (Lipinski definition) is 3. The van der Waals surface area contributed by atoms with Crippen molar-refractivity contribution < 1.29 is 4.79 Å². The van der Waals surface area contributed by atoms with Crippen molar-refractivity contribution in [3.05, 3.63) is 50.1 Å². The van der Waals surface area contributed by atoms with E-state index in [1.807, 2.05) is 11.4 Å².